The fraction of sp³-hybridized carbons (Fsp3) is 0.500. The van der Waals surface area contributed by atoms with Crippen molar-refractivity contribution >= 4 is 12.4 Å². The molecule has 1 aliphatic heterocycles. The van der Waals surface area contributed by atoms with Gasteiger partial charge >= 0.3 is 0 Å². The van der Waals surface area contributed by atoms with Gasteiger partial charge in [-0.2, -0.15) is 0 Å². The third-order valence-electron chi connectivity index (χ3n) is 2.99. The smallest absolute Gasteiger partial charge is 0.122 e. The zero-order valence-corrected chi connectivity index (χ0v) is 10.1. The molecule has 1 aromatic rings. The second kappa shape index (κ2) is 5.38. The highest BCUT2D eigenvalue weighted by Crippen LogP contribution is 2.26. The van der Waals surface area contributed by atoms with Crippen LogP contribution in [0.15, 0.2) is 12.1 Å². The molecule has 1 aliphatic rings. The van der Waals surface area contributed by atoms with Crippen molar-refractivity contribution < 1.29 is 4.74 Å². The molecule has 3 heteroatoms. The average Bonchev–Trinajstić information content (AvgIpc) is 2.44. The Morgan fingerprint density at radius 1 is 1.20 bits per heavy atom. The summed E-state index contributed by atoms with van der Waals surface area (Å²) in [5.41, 5.74) is 4.27. The van der Waals surface area contributed by atoms with Gasteiger partial charge in [0.15, 0.2) is 0 Å². The lowest BCUT2D eigenvalue weighted by Gasteiger charge is -2.12. The summed E-state index contributed by atoms with van der Waals surface area (Å²) in [6, 6.07) is 4.29. The van der Waals surface area contributed by atoms with E-state index in [1.54, 1.807) is 7.11 Å². The summed E-state index contributed by atoms with van der Waals surface area (Å²) in [5.74, 6) is 1.02. The first-order valence-corrected chi connectivity index (χ1v) is 5.19. The van der Waals surface area contributed by atoms with E-state index in [0.29, 0.717) is 0 Å². The molecular formula is C12H18ClNO. The molecule has 0 fully saturated rings. The lowest BCUT2D eigenvalue weighted by Crippen LogP contribution is -2.16. The molecule has 0 aromatic heterocycles. The number of benzene rings is 1. The minimum Gasteiger partial charge on any atom is -0.496 e. The molecule has 1 heterocycles. The first-order valence-electron chi connectivity index (χ1n) is 5.19. The van der Waals surface area contributed by atoms with E-state index in [4.69, 9.17) is 4.74 Å². The van der Waals surface area contributed by atoms with E-state index in [-0.39, 0.29) is 12.4 Å². The quantitative estimate of drug-likeness (QED) is 0.794. The number of rotatable bonds is 1. The molecule has 0 spiro atoms. The van der Waals surface area contributed by atoms with Crippen molar-refractivity contribution in [2.75, 3.05) is 20.2 Å². The number of ether oxygens (including phenoxy) is 1. The molecule has 0 saturated carbocycles. The largest absolute Gasteiger partial charge is 0.496 e. The van der Waals surface area contributed by atoms with Crippen LogP contribution in [-0.2, 0) is 12.8 Å². The van der Waals surface area contributed by atoms with Crippen LogP contribution in [-0.4, -0.2) is 20.2 Å². The summed E-state index contributed by atoms with van der Waals surface area (Å²) >= 11 is 0. The van der Waals surface area contributed by atoms with E-state index in [2.05, 4.69) is 24.4 Å². The van der Waals surface area contributed by atoms with E-state index in [1.807, 2.05) is 0 Å². The Morgan fingerprint density at radius 2 is 1.93 bits per heavy atom. The van der Waals surface area contributed by atoms with E-state index in [1.165, 1.54) is 16.7 Å². The molecule has 0 aliphatic carbocycles. The minimum absolute atomic E-state index is 0. The van der Waals surface area contributed by atoms with Gasteiger partial charge in [0, 0.05) is 0 Å². The Labute approximate surface area is 97.4 Å². The number of hydrogen-bond donors (Lipinski definition) is 1. The molecule has 0 radical (unpaired) electrons. The molecular weight excluding hydrogens is 210 g/mol. The molecule has 0 saturated heterocycles. The van der Waals surface area contributed by atoms with Crippen molar-refractivity contribution in [3.63, 3.8) is 0 Å². The van der Waals surface area contributed by atoms with E-state index in [0.717, 1.165) is 31.7 Å². The van der Waals surface area contributed by atoms with Crippen molar-refractivity contribution in [3.05, 3.63) is 28.8 Å². The first-order chi connectivity index (χ1) is 6.83. The van der Waals surface area contributed by atoms with Crippen LogP contribution in [0.2, 0.25) is 0 Å². The Hall–Kier alpha value is -0.730. The third-order valence-corrected chi connectivity index (χ3v) is 2.99. The SMILES string of the molecule is COc1ccc2c(c1C)CCNCC2.Cl. The predicted octanol–water partition coefficient (Wildman–Crippen LogP) is 2.11. The molecule has 1 N–H and O–H groups in total. The third kappa shape index (κ3) is 2.44. The average molecular weight is 228 g/mol. The number of methoxy groups -OCH3 is 1. The fourth-order valence-corrected chi connectivity index (χ4v) is 2.16. The molecule has 1 aromatic carbocycles. The van der Waals surface area contributed by atoms with Crippen molar-refractivity contribution in [1.29, 1.82) is 0 Å². The summed E-state index contributed by atoms with van der Waals surface area (Å²) in [5, 5.41) is 3.42. The maximum absolute atomic E-state index is 5.33. The van der Waals surface area contributed by atoms with Gasteiger partial charge in [0.1, 0.15) is 5.75 Å². The van der Waals surface area contributed by atoms with Crippen LogP contribution in [0.1, 0.15) is 16.7 Å². The molecule has 2 rings (SSSR count). The van der Waals surface area contributed by atoms with Gasteiger partial charge in [0.2, 0.25) is 0 Å². The maximum atomic E-state index is 5.33. The van der Waals surface area contributed by atoms with Gasteiger partial charge in [-0.1, -0.05) is 6.07 Å². The van der Waals surface area contributed by atoms with Gasteiger partial charge in [-0.15, -0.1) is 12.4 Å². The lowest BCUT2D eigenvalue weighted by molar-refractivity contribution is 0.411. The van der Waals surface area contributed by atoms with Gasteiger partial charge in [-0.25, -0.2) is 0 Å². The van der Waals surface area contributed by atoms with Gasteiger partial charge in [0.25, 0.3) is 0 Å². The van der Waals surface area contributed by atoms with Crippen molar-refractivity contribution in [3.8, 4) is 5.75 Å². The summed E-state index contributed by atoms with van der Waals surface area (Å²) < 4.78 is 5.33. The molecule has 84 valence electrons. The second-order valence-electron chi connectivity index (χ2n) is 3.78. The zero-order valence-electron chi connectivity index (χ0n) is 9.30. The fourth-order valence-electron chi connectivity index (χ4n) is 2.16. The number of fused-ring (bicyclic) bond motifs is 1. The Morgan fingerprint density at radius 3 is 2.67 bits per heavy atom. The summed E-state index contributed by atoms with van der Waals surface area (Å²) in [7, 11) is 1.74. The van der Waals surface area contributed by atoms with E-state index < -0.39 is 0 Å². The van der Waals surface area contributed by atoms with Crippen LogP contribution in [0.25, 0.3) is 0 Å². The van der Waals surface area contributed by atoms with E-state index >= 15 is 0 Å². The van der Waals surface area contributed by atoms with Crippen LogP contribution in [0.3, 0.4) is 0 Å². The number of hydrogen-bond acceptors (Lipinski definition) is 2. The van der Waals surface area contributed by atoms with Gasteiger partial charge in [0.05, 0.1) is 7.11 Å². The highest BCUT2D eigenvalue weighted by molar-refractivity contribution is 5.85. The molecule has 0 unspecified atom stereocenters. The van der Waals surface area contributed by atoms with Crippen LogP contribution in [0.5, 0.6) is 5.75 Å². The summed E-state index contributed by atoms with van der Waals surface area (Å²) in [6.07, 6.45) is 2.26. The summed E-state index contributed by atoms with van der Waals surface area (Å²) in [6.45, 7) is 4.34. The van der Waals surface area contributed by atoms with Crippen LogP contribution in [0.4, 0.5) is 0 Å². The lowest BCUT2D eigenvalue weighted by atomic mass is 9.97. The van der Waals surface area contributed by atoms with Crippen LogP contribution in [0, 0.1) is 6.92 Å². The molecule has 0 bridgehead atoms. The topological polar surface area (TPSA) is 21.3 Å². The Kier molecular flexibility index (Phi) is 4.43. The van der Waals surface area contributed by atoms with Crippen molar-refractivity contribution in [2.45, 2.75) is 19.8 Å². The molecule has 0 atom stereocenters. The van der Waals surface area contributed by atoms with Crippen LogP contribution < -0.4 is 10.1 Å². The van der Waals surface area contributed by atoms with Gasteiger partial charge in [-0.3, -0.25) is 0 Å². The second-order valence-corrected chi connectivity index (χ2v) is 3.78. The number of nitrogens with one attached hydrogen (secondary N) is 1. The zero-order chi connectivity index (χ0) is 9.97. The molecule has 15 heavy (non-hydrogen) atoms. The van der Waals surface area contributed by atoms with Crippen LogP contribution >= 0.6 is 12.4 Å². The monoisotopic (exact) mass is 227 g/mol. The first kappa shape index (κ1) is 12.3. The standard InChI is InChI=1S/C12H17NO.ClH/c1-9-11-6-8-13-7-5-10(11)3-4-12(9)14-2;/h3-4,13H,5-8H2,1-2H3;1H. The molecule has 0 amide bonds. The maximum Gasteiger partial charge on any atom is 0.122 e. The van der Waals surface area contributed by atoms with Gasteiger partial charge < -0.3 is 10.1 Å². The normalized spacial score (nSPS) is 14.8. The van der Waals surface area contributed by atoms with Crippen molar-refractivity contribution in [2.24, 2.45) is 0 Å². The Balaban J connectivity index is 0.00000112. The Bertz CT molecular complexity index is 339. The minimum atomic E-state index is 0. The van der Waals surface area contributed by atoms with Gasteiger partial charge in [-0.05, 0) is 55.6 Å². The summed E-state index contributed by atoms with van der Waals surface area (Å²) in [4.78, 5) is 0. The highest BCUT2D eigenvalue weighted by atomic mass is 35.5. The van der Waals surface area contributed by atoms with E-state index in [9.17, 15) is 0 Å². The highest BCUT2D eigenvalue weighted by Gasteiger charge is 2.12. The predicted molar refractivity (Wildman–Crippen MR) is 65.3 cm³/mol. The number of halogens is 1. The molecule has 2 nitrogen and oxygen atoms in total. The van der Waals surface area contributed by atoms with Crippen molar-refractivity contribution in [1.82, 2.24) is 5.32 Å².